The molecule has 0 fully saturated rings. The number of amides is 2. The predicted molar refractivity (Wildman–Crippen MR) is 79.0 cm³/mol. The molecule has 1 atom stereocenters. The van der Waals surface area contributed by atoms with E-state index in [4.69, 9.17) is 5.11 Å². The van der Waals surface area contributed by atoms with Crippen molar-refractivity contribution in [2.75, 3.05) is 13.2 Å². The molecule has 2 amide bonds. The van der Waals surface area contributed by atoms with Crippen LogP contribution in [0.1, 0.15) is 44.3 Å². The Morgan fingerprint density at radius 2 is 2.24 bits per heavy atom. The lowest BCUT2D eigenvalue weighted by Crippen LogP contribution is -2.41. The zero-order valence-electron chi connectivity index (χ0n) is 12.6. The second-order valence-electron chi connectivity index (χ2n) is 5.56. The molecule has 1 aliphatic heterocycles. The van der Waals surface area contributed by atoms with E-state index in [-0.39, 0.29) is 18.7 Å². The number of urea groups is 1. The van der Waals surface area contributed by atoms with Gasteiger partial charge in [0.1, 0.15) is 11.6 Å². The van der Waals surface area contributed by atoms with Gasteiger partial charge in [-0.05, 0) is 26.2 Å². The molecule has 0 saturated heterocycles. The molecule has 0 aromatic carbocycles. The lowest BCUT2D eigenvalue weighted by Gasteiger charge is -2.13. The monoisotopic (exact) mass is 295 g/mol. The van der Waals surface area contributed by atoms with Crippen LogP contribution in [-0.2, 0) is 19.4 Å². The molecule has 0 spiro atoms. The second-order valence-corrected chi connectivity index (χ2v) is 5.56. The highest BCUT2D eigenvalue weighted by molar-refractivity contribution is 5.74. The summed E-state index contributed by atoms with van der Waals surface area (Å²) in [4.78, 5) is 11.7. The molecule has 0 bridgehead atoms. The molecular weight excluding hydrogens is 270 g/mol. The first-order valence-electron chi connectivity index (χ1n) is 7.77. The number of aromatic nitrogens is 3. The van der Waals surface area contributed by atoms with Crippen LogP contribution >= 0.6 is 0 Å². The van der Waals surface area contributed by atoms with Crippen molar-refractivity contribution in [2.45, 2.75) is 58.0 Å². The van der Waals surface area contributed by atoms with Crippen molar-refractivity contribution in [1.29, 1.82) is 0 Å². The molecule has 7 nitrogen and oxygen atoms in total. The average Bonchev–Trinajstić information content (AvgIpc) is 2.68. The van der Waals surface area contributed by atoms with Crippen molar-refractivity contribution >= 4 is 6.03 Å². The van der Waals surface area contributed by atoms with E-state index in [0.29, 0.717) is 19.4 Å². The number of fused-ring (bicyclic) bond motifs is 1. The van der Waals surface area contributed by atoms with Gasteiger partial charge in [-0.3, -0.25) is 0 Å². The van der Waals surface area contributed by atoms with E-state index >= 15 is 0 Å². The maximum Gasteiger partial charge on any atom is 0.315 e. The Hall–Kier alpha value is -1.63. The Bertz CT molecular complexity index is 460. The summed E-state index contributed by atoms with van der Waals surface area (Å²) in [5.41, 5.74) is 0. The minimum Gasteiger partial charge on any atom is -0.396 e. The van der Waals surface area contributed by atoms with Gasteiger partial charge in [-0.15, -0.1) is 10.2 Å². The second kappa shape index (κ2) is 7.97. The predicted octanol–water partition coefficient (Wildman–Crippen LogP) is 0.617. The number of aliphatic hydroxyl groups excluding tert-OH is 1. The van der Waals surface area contributed by atoms with E-state index < -0.39 is 0 Å². The highest BCUT2D eigenvalue weighted by Gasteiger charge is 2.14. The Labute approximate surface area is 125 Å². The van der Waals surface area contributed by atoms with Gasteiger partial charge in [-0.25, -0.2) is 4.79 Å². The van der Waals surface area contributed by atoms with Crippen LogP contribution in [0.5, 0.6) is 0 Å². The van der Waals surface area contributed by atoms with Gasteiger partial charge in [0.25, 0.3) is 0 Å². The van der Waals surface area contributed by atoms with E-state index in [0.717, 1.165) is 24.6 Å². The molecule has 21 heavy (non-hydrogen) atoms. The topological polar surface area (TPSA) is 92.1 Å². The smallest absolute Gasteiger partial charge is 0.315 e. The summed E-state index contributed by atoms with van der Waals surface area (Å²) in [6, 6.07) is -0.231. The van der Waals surface area contributed by atoms with Crippen LogP contribution in [0.25, 0.3) is 0 Å². The van der Waals surface area contributed by atoms with Gasteiger partial charge in [0, 0.05) is 38.6 Å². The van der Waals surface area contributed by atoms with Crippen molar-refractivity contribution in [3.8, 4) is 0 Å². The molecule has 3 N–H and O–H groups in total. The number of nitrogens with one attached hydrogen (secondary N) is 2. The van der Waals surface area contributed by atoms with E-state index in [9.17, 15) is 4.79 Å². The van der Waals surface area contributed by atoms with Crippen LogP contribution in [-0.4, -0.2) is 45.1 Å². The summed E-state index contributed by atoms with van der Waals surface area (Å²) in [6.45, 7) is 3.47. The lowest BCUT2D eigenvalue weighted by atomic mass is 10.2. The van der Waals surface area contributed by atoms with Gasteiger partial charge in [-0.2, -0.15) is 0 Å². The number of aliphatic hydroxyl groups is 1. The number of carbonyl (C=O) groups is 1. The first-order valence-corrected chi connectivity index (χ1v) is 7.77. The van der Waals surface area contributed by atoms with Crippen LogP contribution in [0, 0.1) is 0 Å². The summed E-state index contributed by atoms with van der Waals surface area (Å²) in [5.74, 6) is 2.03. The van der Waals surface area contributed by atoms with Crippen molar-refractivity contribution in [3.63, 3.8) is 0 Å². The van der Waals surface area contributed by atoms with E-state index in [1.165, 1.54) is 19.3 Å². The quantitative estimate of drug-likeness (QED) is 0.717. The highest BCUT2D eigenvalue weighted by Crippen LogP contribution is 2.14. The summed E-state index contributed by atoms with van der Waals surface area (Å²) in [5, 5.41) is 22.9. The van der Waals surface area contributed by atoms with Gasteiger partial charge in [0.2, 0.25) is 0 Å². The molecule has 0 aliphatic carbocycles. The minimum absolute atomic E-state index is 0.0284. The third-order valence-corrected chi connectivity index (χ3v) is 3.76. The Balaban J connectivity index is 1.76. The fourth-order valence-electron chi connectivity index (χ4n) is 2.56. The van der Waals surface area contributed by atoms with Gasteiger partial charge in [-0.1, -0.05) is 6.42 Å². The van der Waals surface area contributed by atoms with Gasteiger partial charge in [0.15, 0.2) is 0 Å². The van der Waals surface area contributed by atoms with Crippen LogP contribution in [0.3, 0.4) is 0 Å². The molecule has 1 aromatic rings. The Morgan fingerprint density at radius 1 is 1.38 bits per heavy atom. The van der Waals surface area contributed by atoms with Crippen LogP contribution in [0.15, 0.2) is 0 Å². The van der Waals surface area contributed by atoms with Gasteiger partial charge < -0.3 is 20.3 Å². The first kappa shape index (κ1) is 15.8. The average molecular weight is 295 g/mol. The van der Waals surface area contributed by atoms with Crippen molar-refractivity contribution in [2.24, 2.45) is 0 Å². The van der Waals surface area contributed by atoms with Crippen molar-refractivity contribution in [3.05, 3.63) is 11.6 Å². The molecule has 0 saturated carbocycles. The standard InChI is InChI=1S/C14H25N5O2/c1-11(7-10-20)16-14(21)15-8-6-13-18-17-12-5-3-2-4-9-19(12)13/h11,20H,2-10H2,1H3,(H2,15,16,21)/t11-/m1/s1. The third kappa shape index (κ3) is 4.70. The van der Waals surface area contributed by atoms with Gasteiger partial charge in [0.05, 0.1) is 0 Å². The largest absolute Gasteiger partial charge is 0.396 e. The van der Waals surface area contributed by atoms with E-state index in [1.54, 1.807) is 0 Å². The molecule has 0 radical (unpaired) electrons. The molecule has 1 aliphatic rings. The maximum absolute atomic E-state index is 11.7. The number of hydrogen-bond acceptors (Lipinski definition) is 4. The van der Waals surface area contributed by atoms with Crippen molar-refractivity contribution in [1.82, 2.24) is 25.4 Å². The molecule has 2 heterocycles. The van der Waals surface area contributed by atoms with E-state index in [2.05, 4.69) is 25.4 Å². The van der Waals surface area contributed by atoms with Crippen LogP contribution < -0.4 is 10.6 Å². The third-order valence-electron chi connectivity index (χ3n) is 3.76. The normalized spacial score (nSPS) is 15.9. The summed E-state index contributed by atoms with van der Waals surface area (Å²) < 4.78 is 2.20. The molecule has 0 unspecified atom stereocenters. The molecule has 2 rings (SSSR count). The zero-order chi connectivity index (χ0) is 15.1. The number of carbonyl (C=O) groups excluding carboxylic acids is 1. The molecule has 7 heteroatoms. The Morgan fingerprint density at radius 3 is 3.05 bits per heavy atom. The number of rotatable bonds is 6. The fourth-order valence-corrected chi connectivity index (χ4v) is 2.56. The lowest BCUT2D eigenvalue weighted by molar-refractivity contribution is 0.231. The van der Waals surface area contributed by atoms with E-state index in [1.807, 2.05) is 6.92 Å². The Kier molecular flexibility index (Phi) is 5.98. The number of aryl methyl sites for hydroxylation is 1. The first-order chi connectivity index (χ1) is 10.2. The summed E-state index contributed by atoms with van der Waals surface area (Å²) in [7, 11) is 0. The highest BCUT2D eigenvalue weighted by atomic mass is 16.3. The number of hydrogen-bond donors (Lipinski definition) is 3. The summed E-state index contributed by atoms with van der Waals surface area (Å²) in [6.07, 6.45) is 5.85. The molecular formula is C14H25N5O2. The zero-order valence-corrected chi connectivity index (χ0v) is 12.6. The minimum atomic E-state index is -0.202. The number of nitrogens with zero attached hydrogens (tertiary/aromatic N) is 3. The summed E-state index contributed by atoms with van der Waals surface area (Å²) >= 11 is 0. The van der Waals surface area contributed by atoms with Crippen molar-refractivity contribution < 1.29 is 9.90 Å². The molecule has 1 aromatic heterocycles. The maximum atomic E-state index is 11.7. The van der Waals surface area contributed by atoms with Crippen LogP contribution in [0.2, 0.25) is 0 Å². The van der Waals surface area contributed by atoms with Crippen LogP contribution in [0.4, 0.5) is 4.79 Å². The molecule has 118 valence electrons. The van der Waals surface area contributed by atoms with Gasteiger partial charge >= 0.3 is 6.03 Å². The SMILES string of the molecule is C[C@H](CCO)NC(=O)NCCc1nnc2n1CCCCC2. The fraction of sp³-hybridized carbons (Fsp3) is 0.786.